The Morgan fingerprint density at radius 1 is 1.45 bits per heavy atom. The number of carboxylic acids is 1. The molecule has 0 aliphatic rings. The van der Waals surface area contributed by atoms with Crippen molar-refractivity contribution >= 4 is 11.9 Å². The third-order valence-electron chi connectivity index (χ3n) is 2.55. The molecule has 110 valence electrons. The van der Waals surface area contributed by atoms with E-state index in [0.717, 1.165) is 0 Å². The SMILES string of the molecule is CCC(NC(=O)c1ccnc(OCCOC)c1)C(=O)O. The van der Waals surface area contributed by atoms with Gasteiger partial charge >= 0.3 is 5.97 Å². The third kappa shape index (κ3) is 4.85. The maximum absolute atomic E-state index is 11.9. The van der Waals surface area contributed by atoms with E-state index in [-0.39, 0.29) is 5.88 Å². The van der Waals surface area contributed by atoms with Crippen molar-refractivity contribution in [3.05, 3.63) is 23.9 Å². The number of carbonyl (C=O) groups is 2. The van der Waals surface area contributed by atoms with Crippen LogP contribution in [-0.4, -0.2) is 48.3 Å². The third-order valence-corrected chi connectivity index (χ3v) is 2.55. The summed E-state index contributed by atoms with van der Waals surface area (Å²) in [5.41, 5.74) is 0.298. The molecule has 1 aromatic heterocycles. The molecule has 1 amide bonds. The van der Waals surface area contributed by atoms with Gasteiger partial charge in [0.05, 0.1) is 6.61 Å². The van der Waals surface area contributed by atoms with Gasteiger partial charge in [0.1, 0.15) is 12.6 Å². The van der Waals surface area contributed by atoms with Crippen molar-refractivity contribution in [3.63, 3.8) is 0 Å². The molecular formula is C13H18N2O5. The van der Waals surface area contributed by atoms with Gasteiger partial charge in [-0.2, -0.15) is 0 Å². The Kier molecular flexibility index (Phi) is 6.45. The van der Waals surface area contributed by atoms with Crippen LogP contribution in [-0.2, 0) is 9.53 Å². The van der Waals surface area contributed by atoms with Gasteiger partial charge in [-0.25, -0.2) is 9.78 Å². The molecule has 0 saturated carbocycles. The average Bonchev–Trinajstić information content (AvgIpc) is 2.44. The van der Waals surface area contributed by atoms with Gasteiger partial charge in [0.2, 0.25) is 5.88 Å². The Labute approximate surface area is 116 Å². The highest BCUT2D eigenvalue weighted by atomic mass is 16.5. The number of hydrogen-bond donors (Lipinski definition) is 2. The number of rotatable bonds is 8. The van der Waals surface area contributed by atoms with Crippen molar-refractivity contribution in [1.29, 1.82) is 0 Å². The van der Waals surface area contributed by atoms with E-state index in [0.29, 0.717) is 25.2 Å². The van der Waals surface area contributed by atoms with E-state index in [1.165, 1.54) is 18.3 Å². The monoisotopic (exact) mass is 282 g/mol. The average molecular weight is 282 g/mol. The molecule has 0 bridgehead atoms. The van der Waals surface area contributed by atoms with Crippen LogP contribution in [0.3, 0.4) is 0 Å². The van der Waals surface area contributed by atoms with Crippen LogP contribution in [0.5, 0.6) is 5.88 Å². The number of aliphatic carboxylic acids is 1. The molecule has 20 heavy (non-hydrogen) atoms. The predicted octanol–water partition coefficient (Wildman–Crippen LogP) is 0.700. The van der Waals surface area contributed by atoms with Crippen LogP contribution in [0, 0.1) is 0 Å². The van der Waals surface area contributed by atoms with Crippen LogP contribution in [0.2, 0.25) is 0 Å². The van der Waals surface area contributed by atoms with Crippen LogP contribution in [0.1, 0.15) is 23.7 Å². The number of hydrogen-bond acceptors (Lipinski definition) is 5. The Bertz CT molecular complexity index is 464. The van der Waals surface area contributed by atoms with Crippen LogP contribution >= 0.6 is 0 Å². The number of methoxy groups -OCH3 is 1. The summed E-state index contributed by atoms with van der Waals surface area (Å²) in [5.74, 6) is -1.25. The molecule has 0 spiro atoms. The first kappa shape index (κ1) is 15.9. The number of pyridine rings is 1. The predicted molar refractivity (Wildman–Crippen MR) is 70.8 cm³/mol. The minimum absolute atomic E-state index is 0.290. The van der Waals surface area contributed by atoms with Crippen molar-refractivity contribution in [1.82, 2.24) is 10.3 Å². The molecule has 0 fully saturated rings. The fourth-order valence-corrected chi connectivity index (χ4v) is 1.44. The minimum atomic E-state index is -1.06. The van der Waals surface area contributed by atoms with Gasteiger partial charge in [-0.3, -0.25) is 4.79 Å². The zero-order chi connectivity index (χ0) is 15.0. The first-order valence-corrected chi connectivity index (χ1v) is 6.20. The lowest BCUT2D eigenvalue weighted by Gasteiger charge is -2.12. The second kappa shape index (κ2) is 8.11. The van der Waals surface area contributed by atoms with Crippen molar-refractivity contribution in [2.45, 2.75) is 19.4 Å². The minimum Gasteiger partial charge on any atom is -0.480 e. The number of nitrogens with zero attached hydrogens (tertiary/aromatic N) is 1. The Morgan fingerprint density at radius 3 is 2.80 bits per heavy atom. The van der Waals surface area contributed by atoms with E-state index in [9.17, 15) is 9.59 Å². The van der Waals surface area contributed by atoms with Gasteiger partial charge in [0.15, 0.2) is 0 Å². The molecule has 7 nitrogen and oxygen atoms in total. The fourth-order valence-electron chi connectivity index (χ4n) is 1.44. The summed E-state index contributed by atoms with van der Waals surface area (Å²) in [6.07, 6.45) is 1.74. The number of aromatic nitrogens is 1. The molecule has 0 aliphatic heterocycles. The van der Waals surface area contributed by atoms with Gasteiger partial charge < -0.3 is 19.9 Å². The molecule has 1 aromatic rings. The van der Waals surface area contributed by atoms with Crippen LogP contribution in [0.4, 0.5) is 0 Å². The molecule has 2 N–H and O–H groups in total. The zero-order valence-electron chi connectivity index (χ0n) is 11.5. The summed E-state index contributed by atoms with van der Waals surface area (Å²) in [6, 6.07) is 2.04. The summed E-state index contributed by atoms with van der Waals surface area (Å²) in [4.78, 5) is 26.7. The van der Waals surface area contributed by atoms with E-state index in [4.69, 9.17) is 14.6 Å². The summed E-state index contributed by atoms with van der Waals surface area (Å²) in [5, 5.41) is 11.3. The molecule has 0 aromatic carbocycles. The lowest BCUT2D eigenvalue weighted by molar-refractivity contribution is -0.139. The van der Waals surface area contributed by atoms with Gasteiger partial charge in [-0.1, -0.05) is 6.92 Å². The highest BCUT2D eigenvalue weighted by Gasteiger charge is 2.18. The van der Waals surface area contributed by atoms with E-state index >= 15 is 0 Å². The topological polar surface area (TPSA) is 97.8 Å². The Hall–Kier alpha value is -2.15. The fraction of sp³-hybridized carbons (Fsp3) is 0.462. The van der Waals surface area contributed by atoms with Gasteiger partial charge in [0, 0.05) is 24.9 Å². The number of nitrogens with one attached hydrogen (secondary N) is 1. The Morgan fingerprint density at radius 2 is 2.20 bits per heavy atom. The molecule has 0 radical (unpaired) electrons. The van der Waals surface area contributed by atoms with Crippen molar-refractivity contribution in [3.8, 4) is 5.88 Å². The maximum atomic E-state index is 11.9. The first-order valence-electron chi connectivity index (χ1n) is 6.20. The van der Waals surface area contributed by atoms with Gasteiger partial charge in [-0.15, -0.1) is 0 Å². The second-order valence-electron chi connectivity index (χ2n) is 4.00. The molecule has 1 unspecified atom stereocenters. The van der Waals surface area contributed by atoms with Crippen molar-refractivity contribution in [2.75, 3.05) is 20.3 Å². The van der Waals surface area contributed by atoms with E-state index in [2.05, 4.69) is 10.3 Å². The van der Waals surface area contributed by atoms with Crippen LogP contribution in [0.25, 0.3) is 0 Å². The van der Waals surface area contributed by atoms with Crippen molar-refractivity contribution < 1.29 is 24.2 Å². The molecule has 7 heteroatoms. The van der Waals surface area contributed by atoms with E-state index in [1.54, 1.807) is 14.0 Å². The van der Waals surface area contributed by atoms with Gasteiger partial charge in [0.25, 0.3) is 5.91 Å². The largest absolute Gasteiger partial charge is 0.480 e. The number of carboxylic acid groups (broad SMARTS) is 1. The van der Waals surface area contributed by atoms with Gasteiger partial charge in [-0.05, 0) is 12.5 Å². The van der Waals surface area contributed by atoms with E-state index < -0.39 is 17.9 Å². The smallest absolute Gasteiger partial charge is 0.326 e. The molecule has 1 atom stereocenters. The lowest BCUT2D eigenvalue weighted by atomic mass is 10.2. The normalized spacial score (nSPS) is 11.7. The summed E-state index contributed by atoms with van der Waals surface area (Å²) in [7, 11) is 1.55. The van der Waals surface area contributed by atoms with Crippen molar-refractivity contribution in [2.24, 2.45) is 0 Å². The lowest BCUT2D eigenvalue weighted by Crippen LogP contribution is -2.40. The summed E-state index contributed by atoms with van der Waals surface area (Å²) in [6.45, 7) is 2.42. The zero-order valence-corrected chi connectivity index (χ0v) is 11.5. The Balaban J connectivity index is 2.68. The number of amides is 1. The molecule has 0 aliphatic carbocycles. The summed E-state index contributed by atoms with van der Waals surface area (Å²) < 4.78 is 10.1. The first-order chi connectivity index (χ1) is 9.58. The second-order valence-corrected chi connectivity index (χ2v) is 4.00. The number of carbonyl (C=O) groups excluding carboxylic acids is 1. The summed E-state index contributed by atoms with van der Waals surface area (Å²) >= 11 is 0. The molecule has 1 heterocycles. The highest BCUT2D eigenvalue weighted by Crippen LogP contribution is 2.09. The van der Waals surface area contributed by atoms with Crippen LogP contribution < -0.4 is 10.1 Å². The standard InChI is InChI=1S/C13H18N2O5/c1-3-10(13(17)18)15-12(16)9-4-5-14-11(8-9)20-7-6-19-2/h4-5,8,10H,3,6-7H2,1-2H3,(H,15,16)(H,17,18). The van der Waals surface area contributed by atoms with Crippen LogP contribution in [0.15, 0.2) is 18.3 Å². The molecular weight excluding hydrogens is 264 g/mol. The quantitative estimate of drug-likeness (QED) is 0.681. The maximum Gasteiger partial charge on any atom is 0.326 e. The highest BCUT2D eigenvalue weighted by molar-refractivity contribution is 5.96. The number of ether oxygens (including phenoxy) is 2. The van der Waals surface area contributed by atoms with E-state index in [1.807, 2.05) is 0 Å². The molecule has 0 saturated heterocycles. The molecule has 1 rings (SSSR count).